The zero-order valence-corrected chi connectivity index (χ0v) is 10.8. The Morgan fingerprint density at radius 1 is 1.39 bits per heavy atom. The molecule has 2 aromatic rings. The Labute approximate surface area is 108 Å². The van der Waals surface area contributed by atoms with Crippen molar-refractivity contribution in [1.82, 2.24) is 9.78 Å². The maximum Gasteiger partial charge on any atom is 0.0682 e. The van der Waals surface area contributed by atoms with E-state index in [9.17, 15) is 0 Å². The molecule has 0 saturated carbocycles. The number of benzene rings is 1. The minimum absolute atomic E-state index is 0.231. The number of rotatable bonds is 3. The summed E-state index contributed by atoms with van der Waals surface area (Å²) in [5.41, 5.74) is 11.3. The van der Waals surface area contributed by atoms with Gasteiger partial charge < -0.3 is 5.73 Å². The van der Waals surface area contributed by atoms with Gasteiger partial charge in [0.25, 0.3) is 0 Å². The van der Waals surface area contributed by atoms with Crippen LogP contribution in [-0.2, 0) is 13.0 Å². The minimum Gasteiger partial charge on any atom is -0.324 e. The smallest absolute Gasteiger partial charge is 0.0682 e. The molecule has 1 heterocycles. The van der Waals surface area contributed by atoms with Crippen molar-refractivity contribution in [3.63, 3.8) is 0 Å². The van der Waals surface area contributed by atoms with Gasteiger partial charge in [-0.15, -0.1) is 0 Å². The van der Waals surface area contributed by atoms with E-state index in [1.165, 1.54) is 22.4 Å². The maximum atomic E-state index is 6.08. The predicted molar refractivity (Wildman–Crippen MR) is 73.2 cm³/mol. The quantitative estimate of drug-likeness (QED) is 0.898. The molecule has 0 spiro atoms. The molecule has 94 valence electrons. The van der Waals surface area contributed by atoms with Gasteiger partial charge in [-0.05, 0) is 42.5 Å². The average Bonchev–Trinajstić information content (AvgIpc) is 2.97. The summed E-state index contributed by atoms with van der Waals surface area (Å²) in [6, 6.07) is 8.96. The first-order valence-corrected chi connectivity index (χ1v) is 6.70. The van der Waals surface area contributed by atoms with E-state index in [0.717, 1.165) is 25.8 Å². The van der Waals surface area contributed by atoms with E-state index in [-0.39, 0.29) is 6.04 Å². The number of fused-ring (bicyclic) bond motifs is 1. The summed E-state index contributed by atoms with van der Waals surface area (Å²) >= 11 is 0. The Morgan fingerprint density at radius 3 is 3.11 bits per heavy atom. The van der Waals surface area contributed by atoms with Gasteiger partial charge in [0.1, 0.15) is 0 Å². The van der Waals surface area contributed by atoms with Gasteiger partial charge in [0.2, 0.25) is 0 Å². The molecule has 0 bridgehead atoms. The summed E-state index contributed by atoms with van der Waals surface area (Å²) in [5.74, 6) is 0. The highest BCUT2D eigenvalue weighted by Gasteiger charge is 2.19. The Kier molecular flexibility index (Phi) is 2.92. The predicted octanol–water partition coefficient (Wildman–Crippen LogP) is 2.91. The number of nitrogens with zero attached hydrogens (tertiary/aromatic N) is 2. The fourth-order valence-corrected chi connectivity index (χ4v) is 2.78. The minimum atomic E-state index is 0.231. The second-order valence-corrected chi connectivity index (χ2v) is 5.00. The topological polar surface area (TPSA) is 43.8 Å². The molecule has 2 N–H and O–H groups in total. The highest BCUT2D eigenvalue weighted by Crippen LogP contribution is 2.32. The molecule has 3 rings (SSSR count). The number of nitrogens with two attached hydrogens (primary N) is 1. The third kappa shape index (κ3) is 1.85. The molecule has 1 atom stereocenters. The first-order valence-electron chi connectivity index (χ1n) is 6.70. The van der Waals surface area contributed by atoms with Crippen molar-refractivity contribution in [2.75, 3.05) is 0 Å². The summed E-state index contributed by atoms with van der Waals surface area (Å²) in [6.45, 7) is 3.14. The van der Waals surface area contributed by atoms with Crippen molar-refractivity contribution < 1.29 is 0 Å². The fourth-order valence-electron chi connectivity index (χ4n) is 2.78. The monoisotopic (exact) mass is 241 g/mol. The lowest BCUT2D eigenvalue weighted by atomic mass is 10.0. The standard InChI is InChI=1S/C15H19N3/c1-2-9-18-15(7-8-17-18)12-3-5-13-11(10-12)4-6-14(13)16/h3,5,7-8,10,14H,2,4,6,9,16H2,1H3. The summed E-state index contributed by atoms with van der Waals surface area (Å²) in [4.78, 5) is 0. The largest absolute Gasteiger partial charge is 0.324 e. The third-order valence-electron chi connectivity index (χ3n) is 3.71. The highest BCUT2D eigenvalue weighted by atomic mass is 15.3. The molecule has 1 aromatic carbocycles. The van der Waals surface area contributed by atoms with Gasteiger partial charge in [-0.3, -0.25) is 4.68 Å². The Bertz CT molecular complexity index is 557. The number of aryl methyl sites for hydroxylation is 2. The summed E-state index contributed by atoms with van der Waals surface area (Å²) in [7, 11) is 0. The highest BCUT2D eigenvalue weighted by molar-refractivity contribution is 5.62. The van der Waals surface area contributed by atoms with Crippen molar-refractivity contribution in [3.05, 3.63) is 41.6 Å². The summed E-state index contributed by atoms with van der Waals surface area (Å²) in [6.07, 6.45) is 5.16. The van der Waals surface area contributed by atoms with E-state index in [4.69, 9.17) is 5.73 Å². The number of aromatic nitrogens is 2. The molecule has 18 heavy (non-hydrogen) atoms. The second-order valence-electron chi connectivity index (χ2n) is 5.00. The Morgan fingerprint density at radius 2 is 2.28 bits per heavy atom. The average molecular weight is 241 g/mol. The lowest BCUT2D eigenvalue weighted by molar-refractivity contribution is 0.609. The normalized spacial score (nSPS) is 18.0. The van der Waals surface area contributed by atoms with Gasteiger partial charge in [-0.2, -0.15) is 5.10 Å². The van der Waals surface area contributed by atoms with E-state index in [1.807, 2.05) is 6.20 Å². The molecule has 0 aliphatic heterocycles. The molecule has 0 saturated heterocycles. The van der Waals surface area contributed by atoms with Crippen molar-refractivity contribution in [2.45, 2.75) is 38.8 Å². The van der Waals surface area contributed by atoms with Crippen LogP contribution in [0.1, 0.15) is 36.9 Å². The van der Waals surface area contributed by atoms with E-state index < -0.39 is 0 Å². The van der Waals surface area contributed by atoms with E-state index in [2.05, 4.69) is 41.0 Å². The van der Waals surface area contributed by atoms with Crippen molar-refractivity contribution in [1.29, 1.82) is 0 Å². The van der Waals surface area contributed by atoms with Crippen LogP contribution < -0.4 is 5.73 Å². The van der Waals surface area contributed by atoms with Crippen LogP contribution >= 0.6 is 0 Å². The second kappa shape index (κ2) is 4.58. The molecule has 1 aliphatic rings. The summed E-state index contributed by atoms with van der Waals surface area (Å²) < 4.78 is 2.08. The van der Waals surface area contributed by atoms with Gasteiger partial charge in [-0.25, -0.2) is 0 Å². The molecule has 1 unspecified atom stereocenters. The van der Waals surface area contributed by atoms with Crippen LogP contribution in [0, 0.1) is 0 Å². The third-order valence-corrected chi connectivity index (χ3v) is 3.71. The van der Waals surface area contributed by atoms with Crippen LogP contribution in [0.4, 0.5) is 0 Å². The van der Waals surface area contributed by atoms with Crippen LogP contribution in [0.2, 0.25) is 0 Å². The van der Waals surface area contributed by atoms with Gasteiger partial charge in [0.15, 0.2) is 0 Å². The molecular formula is C15H19N3. The van der Waals surface area contributed by atoms with Crippen LogP contribution in [0.15, 0.2) is 30.5 Å². The van der Waals surface area contributed by atoms with Gasteiger partial charge >= 0.3 is 0 Å². The lowest BCUT2D eigenvalue weighted by Crippen LogP contribution is -2.05. The van der Waals surface area contributed by atoms with Crippen molar-refractivity contribution >= 4 is 0 Å². The van der Waals surface area contributed by atoms with Crippen LogP contribution in [0.3, 0.4) is 0 Å². The van der Waals surface area contributed by atoms with Gasteiger partial charge in [0, 0.05) is 24.3 Å². The molecule has 1 aliphatic carbocycles. The van der Waals surface area contributed by atoms with Gasteiger partial charge in [-0.1, -0.05) is 19.1 Å². The zero-order chi connectivity index (χ0) is 12.5. The SMILES string of the molecule is CCCn1nccc1-c1ccc2c(c1)CCC2N. The van der Waals surface area contributed by atoms with Crippen molar-refractivity contribution in [3.8, 4) is 11.3 Å². The van der Waals surface area contributed by atoms with Crippen LogP contribution in [0.5, 0.6) is 0 Å². The van der Waals surface area contributed by atoms with Crippen LogP contribution in [0.25, 0.3) is 11.3 Å². The lowest BCUT2D eigenvalue weighted by Gasteiger charge is -2.09. The molecule has 1 aromatic heterocycles. The molecule has 0 radical (unpaired) electrons. The van der Waals surface area contributed by atoms with E-state index >= 15 is 0 Å². The van der Waals surface area contributed by atoms with Crippen LogP contribution in [-0.4, -0.2) is 9.78 Å². The van der Waals surface area contributed by atoms with Gasteiger partial charge in [0.05, 0.1) is 5.69 Å². The fraction of sp³-hybridized carbons (Fsp3) is 0.400. The van der Waals surface area contributed by atoms with E-state index in [0.29, 0.717) is 0 Å². The first kappa shape index (κ1) is 11.5. The molecular weight excluding hydrogens is 222 g/mol. The first-order chi connectivity index (χ1) is 8.79. The molecule has 0 amide bonds. The number of hydrogen-bond donors (Lipinski definition) is 1. The number of hydrogen-bond acceptors (Lipinski definition) is 2. The molecule has 3 heteroatoms. The maximum absolute atomic E-state index is 6.08. The Hall–Kier alpha value is -1.61. The zero-order valence-electron chi connectivity index (χ0n) is 10.8. The van der Waals surface area contributed by atoms with E-state index in [1.54, 1.807) is 0 Å². The summed E-state index contributed by atoms with van der Waals surface area (Å²) in [5, 5.41) is 4.38. The van der Waals surface area contributed by atoms with Crippen molar-refractivity contribution in [2.24, 2.45) is 5.73 Å². The molecule has 0 fully saturated rings. The Balaban J connectivity index is 2.00. The molecule has 3 nitrogen and oxygen atoms in total.